The summed E-state index contributed by atoms with van der Waals surface area (Å²) in [5.74, 6) is -2.15. The SMILES string of the molecule is O=C(O)c1cccc(NS(=O)(=O)C[C@@H]2CCCCO2)c1O. The van der Waals surface area contributed by atoms with E-state index in [1.54, 1.807) is 0 Å². The molecule has 0 radical (unpaired) electrons. The first kappa shape index (κ1) is 15.6. The minimum absolute atomic E-state index is 0.147. The van der Waals surface area contributed by atoms with Crippen LogP contribution in [0.4, 0.5) is 5.69 Å². The normalized spacial score (nSPS) is 19.1. The Hall–Kier alpha value is -1.80. The molecule has 21 heavy (non-hydrogen) atoms. The van der Waals surface area contributed by atoms with Crippen molar-refractivity contribution in [2.75, 3.05) is 17.1 Å². The van der Waals surface area contributed by atoms with E-state index < -0.39 is 21.7 Å². The highest BCUT2D eigenvalue weighted by Crippen LogP contribution is 2.28. The molecule has 0 aliphatic carbocycles. The first-order chi connectivity index (χ1) is 9.89. The second-order valence-electron chi connectivity index (χ2n) is 4.88. The number of benzene rings is 1. The van der Waals surface area contributed by atoms with Crippen molar-refractivity contribution >= 4 is 21.7 Å². The third kappa shape index (κ3) is 4.08. The molecule has 0 bridgehead atoms. The monoisotopic (exact) mass is 315 g/mol. The van der Waals surface area contributed by atoms with Crippen molar-refractivity contribution in [1.82, 2.24) is 0 Å². The van der Waals surface area contributed by atoms with Gasteiger partial charge >= 0.3 is 5.97 Å². The Morgan fingerprint density at radius 3 is 2.76 bits per heavy atom. The van der Waals surface area contributed by atoms with E-state index in [0.717, 1.165) is 12.8 Å². The summed E-state index contributed by atoms with van der Waals surface area (Å²) in [6.07, 6.45) is 2.13. The Labute approximate surface area is 122 Å². The minimum atomic E-state index is -3.73. The standard InChI is InChI=1S/C13H17NO6S/c15-12-10(13(16)17)5-3-6-11(12)14-21(18,19)8-9-4-1-2-7-20-9/h3,5-6,9,14-15H,1-2,4,7-8H2,(H,16,17)/t9-/m0/s1. The van der Waals surface area contributed by atoms with E-state index in [1.807, 2.05) is 0 Å². The number of para-hydroxylation sites is 1. The molecule has 1 aromatic rings. The van der Waals surface area contributed by atoms with Crippen LogP contribution in [0.1, 0.15) is 29.6 Å². The zero-order chi connectivity index (χ0) is 15.5. The number of ether oxygens (including phenoxy) is 1. The van der Waals surface area contributed by atoms with Crippen molar-refractivity contribution < 1.29 is 28.2 Å². The number of aromatic hydroxyl groups is 1. The van der Waals surface area contributed by atoms with Crippen LogP contribution in [0, 0.1) is 0 Å². The van der Waals surface area contributed by atoms with E-state index in [9.17, 15) is 18.3 Å². The van der Waals surface area contributed by atoms with Crippen LogP contribution in [0.2, 0.25) is 0 Å². The number of aromatic carboxylic acids is 1. The number of nitrogens with one attached hydrogen (secondary N) is 1. The third-order valence-electron chi connectivity index (χ3n) is 3.21. The predicted octanol–water partition coefficient (Wildman–Crippen LogP) is 1.40. The zero-order valence-corrected chi connectivity index (χ0v) is 12.1. The average molecular weight is 315 g/mol. The maximum absolute atomic E-state index is 12.1. The lowest BCUT2D eigenvalue weighted by molar-refractivity contribution is 0.0306. The zero-order valence-electron chi connectivity index (χ0n) is 11.3. The Morgan fingerprint density at radius 1 is 1.38 bits per heavy atom. The van der Waals surface area contributed by atoms with Crippen molar-refractivity contribution in [1.29, 1.82) is 0 Å². The molecule has 0 spiro atoms. The molecular weight excluding hydrogens is 298 g/mol. The van der Waals surface area contributed by atoms with Gasteiger partial charge in [-0.2, -0.15) is 0 Å². The fourth-order valence-electron chi connectivity index (χ4n) is 2.19. The van der Waals surface area contributed by atoms with Crippen LogP contribution in [-0.2, 0) is 14.8 Å². The Balaban J connectivity index is 2.13. The summed E-state index contributed by atoms with van der Waals surface area (Å²) < 4.78 is 31.7. The molecule has 0 unspecified atom stereocenters. The molecule has 0 amide bonds. The van der Waals surface area contributed by atoms with Gasteiger partial charge in [-0.05, 0) is 31.4 Å². The molecule has 2 rings (SSSR count). The minimum Gasteiger partial charge on any atom is -0.505 e. The smallest absolute Gasteiger partial charge is 0.339 e. The highest BCUT2D eigenvalue weighted by atomic mass is 32.2. The van der Waals surface area contributed by atoms with Gasteiger partial charge in [0.2, 0.25) is 10.0 Å². The van der Waals surface area contributed by atoms with E-state index in [-0.39, 0.29) is 23.1 Å². The molecule has 3 N–H and O–H groups in total. The van der Waals surface area contributed by atoms with Crippen LogP contribution >= 0.6 is 0 Å². The summed E-state index contributed by atoms with van der Waals surface area (Å²) in [5, 5.41) is 18.7. The molecule has 1 heterocycles. The maximum atomic E-state index is 12.1. The fourth-order valence-corrected chi connectivity index (χ4v) is 3.53. The molecule has 1 saturated heterocycles. The number of phenols is 1. The van der Waals surface area contributed by atoms with Crippen molar-refractivity contribution in [3.8, 4) is 5.75 Å². The fraction of sp³-hybridized carbons (Fsp3) is 0.462. The van der Waals surface area contributed by atoms with Crippen LogP contribution in [0.5, 0.6) is 5.75 Å². The number of hydrogen-bond donors (Lipinski definition) is 3. The number of carboxylic acid groups (broad SMARTS) is 1. The quantitative estimate of drug-likeness (QED) is 0.708. The molecule has 116 valence electrons. The van der Waals surface area contributed by atoms with Crippen LogP contribution < -0.4 is 4.72 Å². The van der Waals surface area contributed by atoms with E-state index in [2.05, 4.69) is 4.72 Å². The van der Waals surface area contributed by atoms with Gasteiger partial charge in [-0.15, -0.1) is 0 Å². The van der Waals surface area contributed by atoms with Gasteiger partial charge in [-0.3, -0.25) is 4.72 Å². The van der Waals surface area contributed by atoms with Gasteiger partial charge in [0.25, 0.3) is 0 Å². The number of carboxylic acids is 1. The van der Waals surface area contributed by atoms with E-state index in [0.29, 0.717) is 13.0 Å². The second-order valence-corrected chi connectivity index (χ2v) is 6.65. The van der Waals surface area contributed by atoms with Gasteiger partial charge in [0.05, 0.1) is 17.5 Å². The van der Waals surface area contributed by atoms with Gasteiger partial charge in [0, 0.05) is 6.61 Å². The molecule has 1 aliphatic rings. The summed E-state index contributed by atoms with van der Waals surface area (Å²) in [6.45, 7) is 0.542. The number of carbonyl (C=O) groups is 1. The van der Waals surface area contributed by atoms with E-state index in [1.165, 1.54) is 18.2 Å². The molecular formula is C13H17NO6S. The van der Waals surface area contributed by atoms with Gasteiger partial charge in [-0.1, -0.05) is 6.07 Å². The molecule has 1 aromatic carbocycles. The second kappa shape index (κ2) is 6.31. The van der Waals surface area contributed by atoms with Crippen molar-refractivity contribution in [3.63, 3.8) is 0 Å². The molecule has 1 atom stereocenters. The Morgan fingerprint density at radius 2 is 2.14 bits per heavy atom. The van der Waals surface area contributed by atoms with Crippen LogP contribution in [0.25, 0.3) is 0 Å². The Bertz CT molecular complexity index is 622. The molecule has 7 nitrogen and oxygen atoms in total. The van der Waals surface area contributed by atoms with E-state index >= 15 is 0 Å². The van der Waals surface area contributed by atoms with Crippen LogP contribution in [0.15, 0.2) is 18.2 Å². The lowest BCUT2D eigenvalue weighted by Crippen LogP contribution is -2.31. The highest BCUT2D eigenvalue weighted by molar-refractivity contribution is 7.92. The first-order valence-corrected chi connectivity index (χ1v) is 8.21. The highest BCUT2D eigenvalue weighted by Gasteiger charge is 2.23. The number of hydrogen-bond acceptors (Lipinski definition) is 5. The molecule has 8 heteroatoms. The van der Waals surface area contributed by atoms with Gasteiger partial charge in [-0.25, -0.2) is 13.2 Å². The van der Waals surface area contributed by atoms with Gasteiger partial charge < -0.3 is 14.9 Å². The lowest BCUT2D eigenvalue weighted by Gasteiger charge is -2.22. The number of rotatable bonds is 5. The van der Waals surface area contributed by atoms with Crippen molar-refractivity contribution in [2.45, 2.75) is 25.4 Å². The molecule has 1 fully saturated rings. The number of sulfonamides is 1. The van der Waals surface area contributed by atoms with Crippen molar-refractivity contribution in [2.24, 2.45) is 0 Å². The molecule has 0 aromatic heterocycles. The number of anilines is 1. The Kier molecular flexibility index (Phi) is 4.69. The van der Waals surface area contributed by atoms with Crippen LogP contribution in [0.3, 0.4) is 0 Å². The predicted molar refractivity (Wildman–Crippen MR) is 76.1 cm³/mol. The summed E-state index contributed by atoms with van der Waals surface area (Å²) in [7, 11) is -3.73. The lowest BCUT2D eigenvalue weighted by atomic mass is 10.1. The molecule has 0 saturated carbocycles. The third-order valence-corrected chi connectivity index (χ3v) is 4.55. The average Bonchev–Trinajstić information content (AvgIpc) is 2.41. The summed E-state index contributed by atoms with van der Waals surface area (Å²) in [5.41, 5.74) is -0.505. The van der Waals surface area contributed by atoms with E-state index in [4.69, 9.17) is 9.84 Å². The summed E-state index contributed by atoms with van der Waals surface area (Å²) in [4.78, 5) is 10.9. The van der Waals surface area contributed by atoms with Gasteiger partial charge in [0.15, 0.2) is 5.75 Å². The van der Waals surface area contributed by atoms with Crippen LogP contribution in [-0.4, -0.2) is 43.1 Å². The van der Waals surface area contributed by atoms with Crippen molar-refractivity contribution in [3.05, 3.63) is 23.8 Å². The first-order valence-electron chi connectivity index (χ1n) is 6.56. The topological polar surface area (TPSA) is 113 Å². The largest absolute Gasteiger partial charge is 0.505 e. The summed E-state index contributed by atoms with van der Waals surface area (Å²) in [6, 6.07) is 3.86. The maximum Gasteiger partial charge on any atom is 0.339 e. The summed E-state index contributed by atoms with van der Waals surface area (Å²) >= 11 is 0. The molecule has 1 aliphatic heterocycles. The van der Waals surface area contributed by atoms with Gasteiger partial charge in [0.1, 0.15) is 5.56 Å².